The van der Waals surface area contributed by atoms with Crippen LogP contribution < -0.4 is 10.9 Å². The van der Waals surface area contributed by atoms with Gasteiger partial charge in [0.2, 0.25) is 5.91 Å². The summed E-state index contributed by atoms with van der Waals surface area (Å²) in [6.45, 7) is 1.70. The molecule has 0 atom stereocenters. The summed E-state index contributed by atoms with van der Waals surface area (Å²) >= 11 is 6.02. The molecule has 2 heterocycles. The van der Waals surface area contributed by atoms with E-state index in [9.17, 15) is 9.59 Å². The minimum Gasteiger partial charge on any atom is -0.319 e. The zero-order chi connectivity index (χ0) is 20.4. The molecule has 0 fully saturated rings. The van der Waals surface area contributed by atoms with Crippen LogP contribution >= 0.6 is 11.6 Å². The minimum atomic E-state index is -0.559. The minimum absolute atomic E-state index is 0.145. The highest BCUT2D eigenvalue weighted by atomic mass is 35.5. The molecule has 0 aliphatic heterocycles. The highest BCUT2D eigenvalue weighted by Crippen LogP contribution is 2.26. The number of carbonyl (C=O) groups excluding carboxylic acids is 1. The van der Waals surface area contributed by atoms with Crippen molar-refractivity contribution in [2.75, 3.05) is 5.32 Å². The molecule has 4 rings (SSSR count). The number of aromatic nitrogens is 2. The molecule has 0 aliphatic carbocycles. The Kier molecular flexibility index (Phi) is 5.14. The van der Waals surface area contributed by atoms with E-state index < -0.39 is 5.92 Å². The second-order valence-electron chi connectivity index (χ2n) is 6.70. The van der Waals surface area contributed by atoms with Gasteiger partial charge in [0, 0.05) is 6.20 Å². The normalized spacial score (nSPS) is 11.0. The first-order chi connectivity index (χ1) is 14.0. The fraction of sp³-hybridized carbons (Fsp3) is 0.0870. The van der Waals surface area contributed by atoms with Crippen LogP contribution in [-0.2, 0) is 4.79 Å². The number of nitrogens with zero attached hydrogens (tertiary/aromatic N) is 2. The van der Waals surface area contributed by atoms with Gasteiger partial charge in [0.15, 0.2) is 0 Å². The van der Waals surface area contributed by atoms with Crippen molar-refractivity contribution in [2.24, 2.45) is 0 Å². The molecule has 1 N–H and O–H groups in total. The third-order valence-corrected chi connectivity index (χ3v) is 4.97. The fourth-order valence-electron chi connectivity index (χ4n) is 3.35. The molecule has 2 aromatic carbocycles. The van der Waals surface area contributed by atoms with Gasteiger partial charge < -0.3 is 5.32 Å². The Morgan fingerprint density at radius 2 is 1.55 bits per heavy atom. The van der Waals surface area contributed by atoms with E-state index in [0.717, 1.165) is 11.1 Å². The van der Waals surface area contributed by atoms with E-state index in [4.69, 9.17) is 11.6 Å². The van der Waals surface area contributed by atoms with Crippen molar-refractivity contribution in [1.29, 1.82) is 0 Å². The summed E-state index contributed by atoms with van der Waals surface area (Å²) in [7, 11) is 0. The molecule has 0 radical (unpaired) electrons. The topological polar surface area (TPSA) is 63.5 Å². The van der Waals surface area contributed by atoms with E-state index in [1.165, 1.54) is 10.6 Å². The summed E-state index contributed by atoms with van der Waals surface area (Å²) in [5.41, 5.74) is 2.37. The highest BCUT2D eigenvalue weighted by molar-refractivity contribution is 6.30. The average Bonchev–Trinajstić information content (AvgIpc) is 2.73. The van der Waals surface area contributed by atoms with Gasteiger partial charge in [-0.25, -0.2) is 4.98 Å². The number of halogens is 1. The predicted octanol–water partition coefficient (Wildman–Crippen LogP) is 4.43. The maximum Gasteiger partial charge on any atom is 0.281 e. The van der Waals surface area contributed by atoms with Crippen LogP contribution in [0, 0.1) is 6.92 Å². The Hall–Kier alpha value is -3.44. The molecule has 0 saturated carbocycles. The third-order valence-electron chi connectivity index (χ3n) is 4.74. The molecule has 5 nitrogen and oxygen atoms in total. The largest absolute Gasteiger partial charge is 0.319 e. The number of benzene rings is 2. The van der Waals surface area contributed by atoms with Gasteiger partial charge in [0.25, 0.3) is 5.56 Å². The van der Waals surface area contributed by atoms with Crippen molar-refractivity contribution in [3.05, 3.63) is 111 Å². The number of fused-ring (bicyclic) bond motifs is 1. The zero-order valence-electron chi connectivity index (χ0n) is 15.7. The van der Waals surface area contributed by atoms with Crippen molar-refractivity contribution in [3.63, 3.8) is 0 Å². The number of hydrogen-bond acceptors (Lipinski definition) is 3. The van der Waals surface area contributed by atoms with E-state index in [2.05, 4.69) is 10.3 Å². The molecular formula is C23H18ClN3O2. The van der Waals surface area contributed by atoms with Gasteiger partial charge in [-0.05, 0) is 30.2 Å². The number of hydrogen-bond donors (Lipinski definition) is 1. The van der Waals surface area contributed by atoms with Crippen LogP contribution in [0.25, 0.3) is 5.65 Å². The van der Waals surface area contributed by atoms with Crippen LogP contribution in [0.4, 0.5) is 5.69 Å². The second kappa shape index (κ2) is 7.89. The van der Waals surface area contributed by atoms with E-state index in [1.807, 2.05) is 60.7 Å². The molecule has 6 heteroatoms. The summed E-state index contributed by atoms with van der Waals surface area (Å²) < 4.78 is 1.34. The van der Waals surface area contributed by atoms with Crippen molar-refractivity contribution in [3.8, 4) is 0 Å². The van der Waals surface area contributed by atoms with Gasteiger partial charge in [0.05, 0.1) is 16.6 Å². The van der Waals surface area contributed by atoms with Crippen LogP contribution in [-0.4, -0.2) is 15.3 Å². The van der Waals surface area contributed by atoms with Crippen LogP contribution in [0.3, 0.4) is 0 Å². The van der Waals surface area contributed by atoms with E-state index in [0.29, 0.717) is 16.4 Å². The summed E-state index contributed by atoms with van der Waals surface area (Å²) in [5.74, 6) is -0.859. The Balaban J connectivity index is 1.78. The van der Waals surface area contributed by atoms with E-state index >= 15 is 0 Å². The third kappa shape index (κ3) is 3.77. The molecule has 4 aromatic rings. The molecule has 1 amide bonds. The Morgan fingerprint density at radius 1 is 0.966 bits per heavy atom. The van der Waals surface area contributed by atoms with Crippen LogP contribution in [0.5, 0.6) is 0 Å². The van der Waals surface area contributed by atoms with Crippen LogP contribution in [0.2, 0.25) is 5.02 Å². The van der Waals surface area contributed by atoms with Gasteiger partial charge in [-0.3, -0.25) is 14.0 Å². The standard InChI is InChI=1S/C23H18ClN3O2/c1-15-21(23(29)27-14-18(24)12-13-19(27)25-15)26-22(28)20(16-8-4-2-5-9-16)17-10-6-3-7-11-17/h2-14,20H,1H3,(H,26,28). The first-order valence-electron chi connectivity index (χ1n) is 9.14. The number of aryl methyl sites for hydroxylation is 1. The Labute approximate surface area is 172 Å². The van der Waals surface area contributed by atoms with Gasteiger partial charge in [-0.2, -0.15) is 0 Å². The van der Waals surface area contributed by atoms with Crippen LogP contribution in [0.15, 0.2) is 83.8 Å². The zero-order valence-corrected chi connectivity index (χ0v) is 16.4. The molecule has 144 valence electrons. The number of carbonyl (C=O) groups is 1. The molecule has 0 saturated heterocycles. The summed E-state index contributed by atoms with van der Waals surface area (Å²) in [6, 6.07) is 22.3. The maximum absolute atomic E-state index is 13.3. The number of amides is 1. The lowest BCUT2D eigenvalue weighted by atomic mass is 9.90. The van der Waals surface area contributed by atoms with Crippen molar-refractivity contribution in [2.45, 2.75) is 12.8 Å². The van der Waals surface area contributed by atoms with Crippen molar-refractivity contribution in [1.82, 2.24) is 9.38 Å². The lowest BCUT2D eigenvalue weighted by Gasteiger charge is -2.18. The van der Waals surface area contributed by atoms with E-state index in [1.54, 1.807) is 19.1 Å². The smallest absolute Gasteiger partial charge is 0.281 e. The van der Waals surface area contributed by atoms with Gasteiger partial charge in [-0.15, -0.1) is 0 Å². The number of rotatable bonds is 4. The lowest BCUT2D eigenvalue weighted by molar-refractivity contribution is -0.116. The monoisotopic (exact) mass is 403 g/mol. The number of anilines is 1. The molecule has 29 heavy (non-hydrogen) atoms. The molecule has 0 aliphatic rings. The maximum atomic E-state index is 13.3. The quantitative estimate of drug-likeness (QED) is 0.548. The molecule has 0 unspecified atom stereocenters. The average molecular weight is 404 g/mol. The summed E-state index contributed by atoms with van der Waals surface area (Å²) in [5, 5.41) is 3.22. The summed E-state index contributed by atoms with van der Waals surface area (Å²) in [6.07, 6.45) is 1.49. The Morgan fingerprint density at radius 3 is 2.14 bits per heavy atom. The fourth-order valence-corrected chi connectivity index (χ4v) is 3.51. The van der Waals surface area contributed by atoms with Crippen molar-refractivity contribution < 1.29 is 4.79 Å². The van der Waals surface area contributed by atoms with Gasteiger partial charge >= 0.3 is 0 Å². The van der Waals surface area contributed by atoms with Gasteiger partial charge in [0.1, 0.15) is 11.3 Å². The predicted molar refractivity (Wildman–Crippen MR) is 115 cm³/mol. The SMILES string of the molecule is Cc1nc2ccc(Cl)cn2c(=O)c1NC(=O)C(c1ccccc1)c1ccccc1. The van der Waals surface area contributed by atoms with E-state index in [-0.39, 0.29) is 17.2 Å². The van der Waals surface area contributed by atoms with Crippen molar-refractivity contribution >= 4 is 28.8 Å². The number of nitrogens with one attached hydrogen (secondary N) is 1. The first kappa shape index (κ1) is 18.9. The lowest BCUT2D eigenvalue weighted by Crippen LogP contribution is -2.28. The Bertz CT molecular complexity index is 1200. The van der Waals surface area contributed by atoms with Gasteiger partial charge in [-0.1, -0.05) is 72.3 Å². The van der Waals surface area contributed by atoms with Crippen LogP contribution in [0.1, 0.15) is 22.7 Å². The molecule has 0 spiro atoms. The second-order valence-corrected chi connectivity index (χ2v) is 7.13. The summed E-state index contributed by atoms with van der Waals surface area (Å²) in [4.78, 5) is 30.7. The molecular weight excluding hydrogens is 386 g/mol. The number of pyridine rings is 1. The highest BCUT2D eigenvalue weighted by Gasteiger charge is 2.24. The molecule has 0 bridgehead atoms. The molecule has 2 aromatic heterocycles. The first-order valence-corrected chi connectivity index (χ1v) is 9.51.